The lowest BCUT2D eigenvalue weighted by Gasteiger charge is -2.12. The largest absolute Gasteiger partial charge is 0.488 e. The first kappa shape index (κ1) is 20.6. The van der Waals surface area contributed by atoms with Crippen LogP contribution in [0.3, 0.4) is 0 Å². The fourth-order valence-electron chi connectivity index (χ4n) is 3.13. The molecular weight excluding hydrogens is 406 g/mol. The molecule has 0 atom stereocenters. The van der Waals surface area contributed by atoms with Crippen molar-refractivity contribution >= 4 is 16.1 Å². The summed E-state index contributed by atoms with van der Waals surface area (Å²) in [4.78, 5) is 14.6. The molecule has 31 heavy (non-hydrogen) atoms. The highest BCUT2D eigenvalue weighted by molar-refractivity contribution is 7.66. The van der Waals surface area contributed by atoms with Crippen LogP contribution in [0.4, 0.5) is 0 Å². The SMILES string of the molecule is CCC(COc1ccc(-c2ccc(-c3ccccn3)nc2-c2ccccn2)cc1)=S=O. The number of aromatic nitrogens is 3. The molecule has 0 saturated carbocycles. The minimum absolute atomic E-state index is 0.323. The molecule has 0 aliphatic heterocycles. The number of pyridine rings is 3. The molecule has 0 bridgehead atoms. The predicted octanol–water partition coefficient (Wildman–Crippen LogP) is 5.05. The predicted molar refractivity (Wildman–Crippen MR) is 125 cm³/mol. The van der Waals surface area contributed by atoms with Gasteiger partial charge in [0.25, 0.3) is 0 Å². The summed E-state index contributed by atoms with van der Waals surface area (Å²) in [7, 11) is 0. The van der Waals surface area contributed by atoms with E-state index in [1.165, 1.54) is 0 Å². The standard InChI is InChI=1S/C25H21N3O2S/c1-2-20(31-29)17-30-19-11-9-18(10-12-19)21-13-14-23(22-7-3-5-15-26-22)28-25(21)24-8-4-6-16-27-24/h3-16H,2,17H2,1H3. The van der Waals surface area contributed by atoms with Gasteiger partial charge in [-0.15, -0.1) is 0 Å². The fourth-order valence-corrected chi connectivity index (χ4v) is 3.35. The summed E-state index contributed by atoms with van der Waals surface area (Å²) in [5, 5.41) is 0. The van der Waals surface area contributed by atoms with Gasteiger partial charge in [-0.05, 0) is 60.5 Å². The van der Waals surface area contributed by atoms with Crippen LogP contribution in [0, 0.1) is 0 Å². The van der Waals surface area contributed by atoms with Crippen molar-refractivity contribution in [3.8, 4) is 39.7 Å². The highest BCUT2D eigenvalue weighted by atomic mass is 32.1. The third-order valence-electron chi connectivity index (χ3n) is 4.81. The van der Waals surface area contributed by atoms with E-state index in [2.05, 4.69) is 9.97 Å². The minimum Gasteiger partial charge on any atom is -0.488 e. The van der Waals surface area contributed by atoms with E-state index in [0.717, 1.165) is 44.5 Å². The van der Waals surface area contributed by atoms with E-state index in [4.69, 9.17) is 9.72 Å². The Labute approximate surface area is 184 Å². The molecule has 4 aromatic rings. The quantitative estimate of drug-likeness (QED) is 0.386. The zero-order chi connectivity index (χ0) is 21.5. The first-order chi connectivity index (χ1) is 15.3. The van der Waals surface area contributed by atoms with Gasteiger partial charge in [0.15, 0.2) is 0 Å². The molecule has 5 nitrogen and oxygen atoms in total. The third-order valence-corrected chi connectivity index (χ3v) is 5.45. The third kappa shape index (κ3) is 4.92. The van der Waals surface area contributed by atoms with E-state index in [-0.39, 0.29) is 0 Å². The molecule has 0 radical (unpaired) electrons. The summed E-state index contributed by atoms with van der Waals surface area (Å²) in [6, 6.07) is 23.4. The summed E-state index contributed by atoms with van der Waals surface area (Å²) in [6.07, 6.45) is 4.23. The van der Waals surface area contributed by atoms with Crippen LogP contribution in [-0.2, 0) is 11.3 Å². The lowest BCUT2D eigenvalue weighted by molar-refractivity contribution is 0.377. The molecule has 0 N–H and O–H groups in total. The first-order valence-electron chi connectivity index (χ1n) is 10.00. The molecule has 0 unspecified atom stereocenters. The van der Waals surface area contributed by atoms with Gasteiger partial charge in [-0.1, -0.05) is 31.2 Å². The number of rotatable bonds is 7. The minimum atomic E-state index is 0.323. The molecule has 6 heteroatoms. The zero-order valence-electron chi connectivity index (χ0n) is 17.1. The van der Waals surface area contributed by atoms with Gasteiger partial charge in [0.2, 0.25) is 0 Å². The van der Waals surface area contributed by atoms with E-state index in [9.17, 15) is 4.21 Å². The Balaban J connectivity index is 1.70. The summed E-state index contributed by atoms with van der Waals surface area (Å²) in [6.45, 7) is 2.27. The van der Waals surface area contributed by atoms with Crippen LogP contribution in [0.25, 0.3) is 33.9 Å². The van der Waals surface area contributed by atoms with Gasteiger partial charge in [-0.2, -0.15) is 0 Å². The second kappa shape index (κ2) is 9.91. The molecule has 0 spiro atoms. The lowest BCUT2D eigenvalue weighted by atomic mass is 10.0. The van der Waals surface area contributed by atoms with Crippen LogP contribution in [0.5, 0.6) is 5.75 Å². The van der Waals surface area contributed by atoms with Crippen LogP contribution in [0.1, 0.15) is 13.3 Å². The Morgan fingerprint density at radius 1 is 0.839 bits per heavy atom. The summed E-state index contributed by atoms with van der Waals surface area (Å²) in [5.41, 5.74) is 5.18. The van der Waals surface area contributed by atoms with Crippen molar-refractivity contribution in [3.05, 3.63) is 85.2 Å². The normalized spacial score (nSPS) is 10.5. The monoisotopic (exact) mass is 427 g/mol. The smallest absolute Gasteiger partial charge is 0.122 e. The molecule has 3 aromatic heterocycles. The average Bonchev–Trinajstić information content (AvgIpc) is 2.86. The van der Waals surface area contributed by atoms with Gasteiger partial charge in [0.05, 0.1) is 38.9 Å². The van der Waals surface area contributed by atoms with E-state index in [1.54, 1.807) is 12.4 Å². The Bertz CT molecular complexity index is 1210. The van der Waals surface area contributed by atoms with Gasteiger partial charge >= 0.3 is 0 Å². The lowest BCUT2D eigenvalue weighted by Crippen LogP contribution is -2.09. The highest BCUT2D eigenvalue weighted by Gasteiger charge is 2.13. The molecule has 0 amide bonds. The van der Waals surface area contributed by atoms with Gasteiger partial charge in [-0.25, -0.2) is 9.19 Å². The van der Waals surface area contributed by atoms with Gasteiger partial charge in [0.1, 0.15) is 12.4 Å². The maximum Gasteiger partial charge on any atom is 0.122 e. The number of hydrogen-bond donors (Lipinski definition) is 0. The molecule has 0 aliphatic rings. The van der Waals surface area contributed by atoms with Crippen LogP contribution in [0.15, 0.2) is 85.2 Å². The van der Waals surface area contributed by atoms with E-state index >= 15 is 0 Å². The van der Waals surface area contributed by atoms with E-state index in [1.807, 2.05) is 79.7 Å². The van der Waals surface area contributed by atoms with Gasteiger partial charge in [-0.3, -0.25) is 9.97 Å². The Hall–Kier alpha value is -3.64. The number of hydrogen-bond acceptors (Lipinski definition) is 5. The van der Waals surface area contributed by atoms with Crippen molar-refractivity contribution < 1.29 is 8.95 Å². The Kier molecular flexibility index (Phi) is 6.59. The maximum absolute atomic E-state index is 11.0. The van der Waals surface area contributed by atoms with Crippen molar-refractivity contribution in [1.82, 2.24) is 15.0 Å². The highest BCUT2D eigenvalue weighted by Crippen LogP contribution is 2.32. The number of nitrogens with zero attached hydrogens (tertiary/aromatic N) is 3. The second-order valence-corrected chi connectivity index (χ2v) is 7.56. The van der Waals surface area contributed by atoms with Crippen LogP contribution in [0.2, 0.25) is 0 Å². The first-order valence-corrected chi connectivity index (χ1v) is 10.7. The molecule has 0 aliphatic carbocycles. The zero-order valence-corrected chi connectivity index (χ0v) is 17.9. The number of ether oxygens (including phenoxy) is 1. The molecule has 0 fully saturated rings. The van der Waals surface area contributed by atoms with Crippen LogP contribution >= 0.6 is 0 Å². The molecule has 0 saturated heterocycles. The van der Waals surface area contributed by atoms with Crippen molar-refractivity contribution in [2.45, 2.75) is 13.3 Å². The van der Waals surface area contributed by atoms with Gasteiger partial charge < -0.3 is 4.74 Å². The Morgan fingerprint density at radius 3 is 2.16 bits per heavy atom. The molecule has 1 aromatic carbocycles. The fraction of sp³-hybridized carbons (Fsp3) is 0.120. The number of benzene rings is 1. The van der Waals surface area contributed by atoms with Crippen molar-refractivity contribution in [2.24, 2.45) is 0 Å². The van der Waals surface area contributed by atoms with Crippen molar-refractivity contribution in [3.63, 3.8) is 0 Å². The van der Waals surface area contributed by atoms with Crippen molar-refractivity contribution in [1.29, 1.82) is 0 Å². The molecular formula is C25H21N3O2S. The van der Waals surface area contributed by atoms with Crippen LogP contribution < -0.4 is 4.74 Å². The van der Waals surface area contributed by atoms with E-state index in [0.29, 0.717) is 24.3 Å². The molecule has 3 heterocycles. The summed E-state index contributed by atoms with van der Waals surface area (Å²) >= 11 is 0.510. The van der Waals surface area contributed by atoms with Gasteiger partial charge in [0, 0.05) is 18.0 Å². The maximum atomic E-state index is 11.0. The average molecular weight is 428 g/mol. The van der Waals surface area contributed by atoms with Crippen LogP contribution in [-0.4, -0.2) is 30.6 Å². The van der Waals surface area contributed by atoms with Crippen molar-refractivity contribution in [2.75, 3.05) is 6.61 Å². The summed E-state index contributed by atoms with van der Waals surface area (Å²) < 4.78 is 16.7. The summed E-state index contributed by atoms with van der Waals surface area (Å²) in [5.74, 6) is 0.723. The molecule has 4 rings (SSSR count). The topological polar surface area (TPSA) is 65.0 Å². The Morgan fingerprint density at radius 2 is 1.55 bits per heavy atom. The molecule has 154 valence electrons. The second-order valence-electron chi connectivity index (χ2n) is 6.81. The van der Waals surface area contributed by atoms with E-state index < -0.39 is 0 Å².